The summed E-state index contributed by atoms with van der Waals surface area (Å²) in [6, 6.07) is 1.76. The van der Waals surface area contributed by atoms with Crippen LogP contribution in [0.1, 0.15) is 19.5 Å². The lowest BCUT2D eigenvalue weighted by Gasteiger charge is -2.36. The predicted molar refractivity (Wildman–Crippen MR) is 78.8 cm³/mol. The van der Waals surface area contributed by atoms with Crippen LogP contribution in [0.2, 0.25) is 0 Å². The van der Waals surface area contributed by atoms with Crippen LogP contribution in [0.3, 0.4) is 0 Å². The maximum absolute atomic E-state index is 5.95. The quantitative estimate of drug-likeness (QED) is 0.856. The Labute approximate surface area is 125 Å². The van der Waals surface area contributed by atoms with Gasteiger partial charge in [-0.1, -0.05) is 0 Å². The van der Waals surface area contributed by atoms with Crippen LogP contribution in [0, 0.1) is 0 Å². The van der Waals surface area contributed by atoms with Gasteiger partial charge in [0.05, 0.1) is 39.1 Å². The Bertz CT molecular complexity index is 465. The highest BCUT2D eigenvalue weighted by Gasteiger charge is 2.28. The molecule has 6 heteroatoms. The van der Waals surface area contributed by atoms with Gasteiger partial charge in [-0.15, -0.1) is 0 Å². The zero-order chi connectivity index (χ0) is 15.3. The van der Waals surface area contributed by atoms with Gasteiger partial charge in [-0.25, -0.2) is 0 Å². The summed E-state index contributed by atoms with van der Waals surface area (Å²) in [5.41, 5.74) is 0.568. The van der Waals surface area contributed by atoms with Crippen LogP contribution >= 0.6 is 0 Å². The highest BCUT2D eigenvalue weighted by atomic mass is 16.5. The minimum atomic E-state index is -0.155. The van der Waals surface area contributed by atoms with Crippen LogP contribution in [0.5, 0.6) is 11.5 Å². The zero-order valence-corrected chi connectivity index (χ0v) is 13.1. The number of aromatic nitrogens is 1. The molecule has 1 atom stereocenters. The second-order valence-corrected chi connectivity index (χ2v) is 5.64. The maximum atomic E-state index is 5.95. The van der Waals surface area contributed by atoms with Crippen LogP contribution in [0.4, 0.5) is 0 Å². The molecule has 1 saturated heterocycles. The van der Waals surface area contributed by atoms with Crippen molar-refractivity contribution in [3.63, 3.8) is 0 Å². The number of hydrogen-bond donors (Lipinski definition) is 1. The summed E-state index contributed by atoms with van der Waals surface area (Å²) in [5.74, 6) is 1.27. The summed E-state index contributed by atoms with van der Waals surface area (Å²) in [5, 5.41) is 3.35. The third-order valence-corrected chi connectivity index (χ3v) is 3.32. The van der Waals surface area contributed by atoms with E-state index in [4.69, 9.17) is 18.9 Å². The van der Waals surface area contributed by atoms with E-state index in [2.05, 4.69) is 24.1 Å². The molecule has 1 aliphatic heterocycles. The van der Waals surface area contributed by atoms with Crippen molar-refractivity contribution in [2.45, 2.75) is 32.2 Å². The average Bonchev–Trinajstić information content (AvgIpc) is 2.46. The molecule has 21 heavy (non-hydrogen) atoms. The first-order valence-electron chi connectivity index (χ1n) is 7.08. The molecule has 0 spiro atoms. The molecule has 0 aromatic carbocycles. The Morgan fingerprint density at radius 3 is 2.86 bits per heavy atom. The smallest absolute Gasteiger partial charge is 0.184 e. The van der Waals surface area contributed by atoms with Gasteiger partial charge in [0.25, 0.3) is 0 Å². The zero-order valence-electron chi connectivity index (χ0n) is 13.1. The molecule has 2 heterocycles. The van der Waals surface area contributed by atoms with E-state index < -0.39 is 0 Å². The highest BCUT2D eigenvalue weighted by molar-refractivity contribution is 5.42. The van der Waals surface area contributed by atoms with Crippen molar-refractivity contribution in [1.82, 2.24) is 10.3 Å². The molecule has 1 aromatic heterocycles. The number of rotatable bonds is 6. The van der Waals surface area contributed by atoms with E-state index in [0.29, 0.717) is 24.7 Å². The summed E-state index contributed by atoms with van der Waals surface area (Å²) in [4.78, 5) is 4.28. The Balaban J connectivity index is 1.89. The molecule has 2 rings (SSSR count). The van der Waals surface area contributed by atoms with Gasteiger partial charge in [0, 0.05) is 25.4 Å². The van der Waals surface area contributed by atoms with Gasteiger partial charge in [-0.3, -0.25) is 4.98 Å². The average molecular weight is 296 g/mol. The van der Waals surface area contributed by atoms with E-state index in [-0.39, 0.29) is 11.7 Å². The van der Waals surface area contributed by atoms with Gasteiger partial charge in [0.2, 0.25) is 0 Å². The Morgan fingerprint density at radius 1 is 1.38 bits per heavy atom. The third kappa shape index (κ3) is 4.30. The van der Waals surface area contributed by atoms with Crippen molar-refractivity contribution in [3.8, 4) is 11.5 Å². The molecule has 0 bridgehead atoms. The molecule has 1 aliphatic rings. The van der Waals surface area contributed by atoms with E-state index in [1.165, 1.54) is 0 Å². The lowest BCUT2D eigenvalue weighted by molar-refractivity contribution is -0.122. The lowest BCUT2D eigenvalue weighted by atomic mass is 10.1. The number of methoxy groups -OCH3 is 2. The standard InChI is InChI=1S/C15H24N2O4/c1-15(2)10-16-7-11(21-15)8-20-9-12-14(19-4)13(18-3)5-6-17-12/h5-6,11,16H,7-10H2,1-4H3. The largest absolute Gasteiger partial charge is 0.493 e. The monoisotopic (exact) mass is 296 g/mol. The fraction of sp³-hybridized carbons (Fsp3) is 0.667. The SMILES string of the molecule is COc1ccnc(COCC2CNCC(C)(C)O2)c1OC. The van der Waals surface area contributed by atoms with Crippen molar-refractivity contribution in [3.05, 3.63) is 18.0 Å². The van der Waals surface area contributed by atoms with E-state index in [0.717, 1.165) is 18.8 Å². The Kier molecular flexibility index (Phi) is 5.39. The third-order valence-electron chi connectivity index (χ3n) is 3.32. The number of nitrogens with zero attached hydrogens (tertiary/aromatic N) is 1. The summed E-state index contributed by atoms with van der Waals surface area (Å²) < 4.78 is 22.3. The molecule has 1 aromatic rings. The van der Waals surface area contributed by atoms with Crippen LogP contribution in [-0.4, -0.2) is 50.6 Å². The minimum absolute atomic E-state index is 0.0466. The van der Waals surface area contributed by atoms with Crippen molar-refractivity contribution in [1.29, 1.82) is 0 Å². The maximum Gasteiger partial charge on any atom is 0.184 e. The van der Waals surface area contributed by atoms with E-state index in [9.17, 15) is 0 Å². The normalized spacial score (nSPS) is 21.0. The van der Waals surface area contributed by atoms with Crippen molar-refractivity contribution >= 4 is 0 Å². The van der Waals surface area contributed by atoms with Gasteiger partial charge in [0.1, 0.15) is 5.69 Å². The van der Waals surface area contributed by atoms with Gasteiger partial charge in [0.15, 0.2) is 11.5 Å². The topological polar surface area (TPSA) is 61.8 Å². The molecule has 0 saturated carbocycles. The molecule has 6 nitrogen and oxygen atoms in total. The lowest BCUT2D eigenvalue weighted by Crippen LogP contribution is -2.51. The molecule has 0 aliphatic carbocycles. The van der Waals surface area contributed by atoms with Crippen LogP contribution < -0.4 is 14.8 Å². The highest BCUT2D eigenvalue weighted by Crippen LogP contribution is 2.29. The van der Waals surface area contributed by atoms with E-state index in [1.54, 1.807) is 26.5 Å². The Morgan fingerprint density at radius 2 is 2.19 bits per heavy atom. The van der Waals surface area contributed by atoms with Gasteiger partial charge in [-0.2, -0.15) is 0 Å². The number of nitrogens with one attached hydrogen (secondary N) is 1. The van der Waals surface area contributed by atoms with E-state index in [1.807, 2.05) is 0 Å². The predicted octanol–water partition coefficient (Wildman–Crippen LogP) is 1.38. The first-order chi connectivity index (χ1) is 10.1. The molecular weight excluding hydrogens is 272 g/mol. The summed E-state index contributed by atoms with van der Waals surface area (Å²) in [6.07, 6.45) is 1.73. The number of hydrogen-bond acceptors (Lipinski definition) is 6. The van der Waals surface area contributed by atoms with Crippen molar-refractivity contribution in [2.75, 3.05) is 33.9 Å². The summed E-state index contributed by atoms with van der Waals surface area (Å²) in [6.45, 7) is 6.66. The van der Waals surface area contributed by atoms with Gasteiger partial charge >= 0.3 is 0 Å². The van der Waals surface area contributed by atoms with Crippen molar-refractivity contribution < 1.29 is 18.9 Å². The second-order valence-electron chi connectivity index (χ2n) is 5.64. The molecule has 1 N–H and O–H groups in total. The molecule has 118 valence electrons. The van der Waals surface area contributed by atoms with Gasteiger partial charge < -0.3 is 24.3 Å². The fourth-order valence-electron chi connectivity index (χ4n) is 2.40. The number of pyridine rings is 1. The molecule has 1 fully saturated rings. The van der Waals surface area contributed by atoms with E-state index >= 15 is 0 Å². The van der Waals surface area contributed by atoms with Crippen molar-refractivity contribution in [2.24, 2.45) is 0 Å². The first-order valence-corrected chi connectivity index (χ1v) is 7.08. The molecule has 1 unspecified atom stereocenters. The summed E-state index contributed by atoms with van der Waals surface area (Å²) in [7, 11) is 3.20. The van der Waals surface area contributed by atoms with Crippen LogP contribution in [0.15, 0.2) is 12.3 Å². The first kappa shape index (κ1) is 16.0. The van der Waals surface area contributed by atoms with Gasteiger partial charge in [-0.05, 0) is 13.8 Å². The summed E-state index contributed by atoms with van der Waals surface area (Å²) >= 11 is 0. The number of morpholine rings is 1. The minimum Gasteiger partial charge on any atom is -0.493 e. The molecular formula is C15H24N2O4. The fourth-order valence-corrected chi connectivity index (χ4v) is 2.40. The number of ether oxygens (including phenoxy) is 4. The van der Waals surface area contributed by atoms with Crippen LogP contribution in [-0.2, 0) is 16.1 Å². The van der Waals surface area contributed by atoms with Crippen LogP contribution in [0.25, 0.3) is 0 Å². The second kappa shape index (κ2) is 7.06. The molecule has 0 radical (unpaired) electrons. The Hall–Kier alpha value is -1.37. The molecule has 0 amide bonds.